The third kappa shape index (κ3) is 1.79. The first-order chi connectivity index (χ1) is 5.63. The van der Waals surface area contributed by atoms with Gasteiger partial charge in [-0.25, -0.2) is 9.78 Å². The zero-order chi connectivity index (χ0) is 9.14. The molecule has 0 aromatic carbocycles. The van der Waals surface area contributed by atoms with Crippen LogP contribution in [0.15, 0.2) is 12.1 Å². The fourth-order valence-electron chi connectivity index (χ4n) is 0.701. The molecular weight excluding hydrogens is 182 g/mol. The Labute approximate surface area is 72.8 Å². The SMILES string of the molecule is O=Cc1cc(C(=O)O)cc(Cl)n1. The lowest BCUT2D eigenvalue weighted by Gasteiger charge is -1.95. The maximum Gasteiger partial charge on any atom is 0.335 e. The molecule has 0 unspecified atom stereocenters. The number of aromatic nitrogens is 1. The van der Waals surface area contributed by atoms with Gasteiger partial charge in [0, 0.05) is 0 Å². The highest BCUT2D eigenvalue weighted by molar-refractivity contribution is 6.29. The molecule has 0 aliphatic rings. The second kappa shape index (κ2) is 3.32. The van der Waals surface area contributed by atoms with Crippen molar-refractivity contribution in [3.8, 4) is 0 Å². The molecule has 0 fully saturated rings. The Morgan fingerprint density at radius 1 is 1.58 bits per heavy atom. The summed E-state index contributed by atoms with van der Waals surface area (Å²) in [5.74, 6) is -1.14. The summed E-state index contributed by atoms with van der Waals surface area (Å²) in [5, 5.41) is 8.52. The number of aldehydes is 1. The number of nitrogens with zero attached hydrogens (tertiary/aromatic N) is 1. The summed E-state index contributed by atoms with van der Waals surface area (Å²) in [6.07, 6.45) is 0.443. The van der Waals surface area contributed by atoms with Gasteiger partial charge >= 0.3 is 5.97 Å². The predicted octanol–water partition coefficient (Wildman–Crippen LogP) is 1.25. The van der Waals surface area contributed by atoms with Gasteiger partial charge in [0.2, 0.25) is 0 Å². The summed E-state index contributed by atoms with van der Waals surface area (Å²) in [6, 6.07) is 2.33. The molecule has 12 heavy (non-hydrogen) atoms. The molecule has 1 aromatic rings. The van der Waals surface area contributed by atoms with Crippen LogP contribution in [0.5, 0.6) is 0 Å². The molecule has 1 N–H and O–H groups in total. The van der Waals surface area contributed by atoms with Crippen LogP contribution in [0.3, 0.4) is 0 Å². The van der Waals surface area contributed by atoms with Gasteiger partial charge in [0.05, 0.1) is 5.56 Å². The van der Waals surface area contributed by atoms with Crippen molar-refractivity contribution >= 4 is 23.9 Å². The van der Waals surface area contributed by atoms with Crippen molar-refractivity contribution in [2.45, 2.75) is 0 Å². The third-order valence-corrected chi connectivity index (χ3v) is 1.38. The molecule has 1 rings (SSSR count). The minimum Gasteiger partial charge on any atom is -0.478 e. The molecule has 0 radical (unpaired) electrons. The van der Waals surface area contributed by atoms with Gasteiger partial charge in [0.1, 0.15) is 10.8 Å². The van der Waals surface area contributed by atoms with Crippen molar-refractivity contribution in [2.75, 3.05) is 0 Å². The van der Waals surface area contributed by atoms with Crippen LogP contribution in [-0.2, 0) is 0 Å². The first kappa shape index (κ1) is 8.67. The van der Waals surface area contributed by atoms with Gasteiger partial charge in [0.15, 0.2) is 6.29 Å². The van der Waals surface area contributed by atoms with E-state index in [2.05, 4.69) is 4.98 Å². The lowest BCUT2D eigenvalue weighted by Crippen LogP contribution is -1.99. The lowest BCUT2D eigenvalue weighted by atomic mass is 10.2. The summed E-state index contributed by atoms with van der Waals surface area (Å²) < 4.78 is 0. The van der Waals surface area contributed by atoms with E-state index in [1.165, 1.54) is 6.07 Å². The molecule has 1 heterocycles. The van der Waals surface area contributed by atoms with E-state index in [0.717, 1.165) is 6.07 Å². The average molecular weight is 186 g/mol. The molecule has 0 bridgehead atoms. The van der Waals surface area contributed by atoms with Crippen molar-refractivity contribution in [3.05, 3.63) is 28.5 Å². The molecule has 0 aliphatic heterocycles. The Hall–Kier alpha value is -1.42. The van der Waals surface area contributed by atoms with E-state index in [-0.39, 0.29) is 16.4 Å². The van der Waals surface area contributed by atoms with E-state index in [1.54, 1.807) is 0 Å². The molecule has 5 heteroatoms. The van der Waals surface area contributed by atoms with Crippen molar-refractivity contribution in [1.29, 1.82) is 0 Å². The number of hydrogen-bond donors (Lipinski definition) is 1. The topological polar surface area (TPSA) is 67.3 Å². The fourth-order valence-corrected chi connectivity index (χ4v) is 0.916. The number of aromatic carboxylic acids is 1. The molecule has 0 spiro atoms. The number of carbonyl (C=O) groups is 2. The smallest absolute Gasteiger partial charge is 0.335 e. The minimum atomic E-state index is -1.14. The van der Waals surface area contributed by atoms with Crippen LogP contribution in [-0.4, -0.2) is 22.3 Å². The zero-order valence-corrected chi connectivity index (χ0v) is 6.58. The maximum absolute atomic E-state index is 10.4. The molecule has 1 aromatic heterocycles. The van der Waals surface area contributed by atoms with Crippen LogP contribution in [0.2, 0.25) is 5.15 Å². The predicted molar refractivity (Wildman–Crippen MR) is 41.6 cm³/mol. The summed E-state index contributed by atoms with van der Waals surface area (Å²) >= 11 is 5.44. The highest BCUT2D eigenvalue weighted by Gasteiger charge is 2.06. The average Bonchev–Trinajstić information content (AvgIpc) is 2.03. The second-order valence-electron chi connectivity index (χ2n) is 2.03. The van der Waals surface area contributed by atoms with Crippen LogP contribution in [0.25, 0.3) is 0 Å². The fraction of sp³-hybridized carbons (Fsp3) is 0. The highest BCUT2D eigenvalue weighted by atomic mass is 35.5. The van der Waals surface area contributed by atoms with Crippen LogP contribution >= 0.6 is 11.6 Å². The van der Waals surface area contributed by atoms with Gasteiger partial charge in [-0.1, -0.05) is 11.6 Å². The normalized spacial score (nSPS) is 9.42. The first-order valence-corrected chi connectivity index (χ1v) is 3.37. The third-order valence-electron chi connectivity index (χ3n) is 1.18. The number of hydrogen-bond acceptors (Lipinski definition) is 3. The maximum atomic E-state index is 10.4. The van der Waals surface area contributed by atoms with Gasteiger partial charge in [-0.15, -0.1) is 0 Å². The van der Waals surface area contributed by atoms with E-state index in [0.29, 0.717) is 6.29 Å². The van der Waals surface area contributed by atoms with Crippen LogP contribution < -0.4 is 0 Å². The van der Waals surface area contributed by atoms with Gasteiger partial charge in [0.25, 0.3) is 0 Å². The number of carboxylic acids is 1. The molecule has 0 atom stereocenters. The Morgan fingerprint density at radius 2 is 2.25 bits per heavy atom. The van der Waals surface area contributed by atoms with Crippen molar-refractivity contribution in [1.82, 2.24) is 4.98 Å². The summed E-state index contributed by atoms with van der Waals surface area (Å²) in [7, 11) is 0. The first-order valence-electron chi connectivity index (χ1n) is 2.99. The largest absolute Gasteiger partial charge is 0.478 e. The van der Waals surface area contributed by atoms with Crippen LogP contribution in [0.1, 0.15) is 20.8 Å². The molecule has 4 nitrogen and oxygen atoms in total. The highest BCUT2D eigenvalue weighted by Crippen LogP contribution is 2.09. The number of carboxylic acid groups (broad SMARTS) is 1. The van der Waals surface area contributed by atoms with Gasteiger partial charge in [-0.05, 0) is 12.1 Å². The van der Waals surface area contributed by atoms with Crippen molar-refractivity contribution in [2.24, 2.45) is 0 Å². The van der Waals surface area contributed by atoms with E-state index >= 15 is 0 Å². The molecule has 0 aliphatic carbocycles. The molecule has 0 saturated heterocycles. The Morgan fingerprint density at radius 3 is 2.75 bits per heavy atom. The second-order valence-corrected chi connectivity index (χ2v) is 2.41. The Bertz CT molecular complexity index is 337. The Balaban J connectivity index is 3.23. The van der Waals surface area contributed by atoms with E-state index in [9.17, 15) is 9.59 Å². The van der Waals surface area contributed by atoms with Gasteiger partial charge < -0.3 is 5.11 Å². The minimum absolute atomic E-state index is 0.00278. The van der Waals surface area contributed by atoms with E-state index < -0.39 is 5.97 Å². The van der Waals surface area contributed by atoms with Crippen molar-refractivity contribution in [3.63, 3.8) is 0 Å². The van der Waals surface area contributed by atoms with E-state index in [1.807, 2.05) is 0 Å². The molecule has 0 saturated carbocycles. The quantitative estimate of drug-likeness (QED) is 0.556. The molecule has 62 valence electrons. The zero-order valence-electron chi connectivity index (χ0n) is 5.82. The van der Waals surface area contributed by atoms with Crippen LogP contribution in [0, 0.1) is 0 Å². The molecule has 0 amide bonds. The summed E-state index contributed by atoms with van der Waals surface area (Å²) in [6.45, 7) is 0. The monoisotopic (exact) mass is 185 g/mol. The summed E-state index contributed by atoms with van der Waals surface area (Å²) in [5.41, 5.74) is -0.0306. The Kier molecular flexibility index (Phi) is 2.40. The van der Waals surface area contributed by atoms with Gasteiger partial charge in [-0.3, -0.25) is 4.79 Å². The van der Waals surface area contributed by atoms with Crippen molar-refractivity contribution < 1.29 is 14.7 Å². The number of rotatable bonds is 2. The summed E-state index contributed by atoms with van der Waals surface area (Å²) in [4.78, 5) is 24.2. The number of pyridine rings is 1. The molecular formula is C7H4ClNO3. The number of carbonyl (C=O) groups excluding carboxylic acids is 1. The van der Waals surface area contributed by atoms with Gasteiger partial charge in [-0.2, -0.15) is 0 Å². The lowest BCUT2D eigenvalue weighted by molar-refractivity contribution is 0.0696. The number of halogens is 1. The standard InChI is InChI=1S/C7H4ClNO3/c8-6-2-4(7(11)12)1-5(3-10)9-6/h1-3H,(H,11,12). The van der Waals surface area contributed by atoms with E-state index in [4.69, 9.17) is 16.7 Å². The van der Waals surface area contributed by atoms with Crippen LogP contribution in [0.4, 0.5) is 0 Å².